The molecule has 3 aromatic heterocycles. The van der Waals surface area contributed by atoms with Gasteiger partial charge < -0.3 is 0 Å². The molecule has 2 nitrogen and oxygen atoms in total. The quantitative estimate of drug-likeness (QED) is 0.610. The van der Waals surface area contributed by atoms with Crippen molar-refractivity contribution < 1.29 is 0 Å². The molecule has 0 atom stereocenters. The van der Waals surface area contributed by atoms with E-state index in [0.29, 0.717) is 5.28 Å². The summed E-state index contributed by atoms with van der Waals surface area (Å²) < 4.78 is 1.10. The SMILES string of the molecule is Clc1nc(-c2ccsc2)c2sccc2n1. The average molecular weight is 253 g/mol. The molecule has 0 aliphatic heterocycles. The van der Waals surface area contributed by atoms with Crippen LogP contribution in [0.3, 0.4) is 0 Å². The molecule has 0 unspecified atom stereocenters. The van der Waals surface area contributed by atoms with Gasteiger partial charge in [-0.1, -0.05) is 0 Å². The van der Waals surface area contributed by atoms with Gasteiger partial charge in [-0.05, 0) is 34.5 Å². The Morgan fingerprint density at radius 3 is 2.87 bits per heavy atom. The second-order valence-corrected chi connectivity index (χ2v) is 5.02. The maximum absolute atomic E-state index is 5.88. The zero-order valence-corrected chi connectivity index (χ0v) is 9.86. The van der Waals surface area contributed by atoms with Crippen LogP contribution in [0.25, 0.3) is 21.5 Å². The van der Waals surface area contributed by atoms with Crippen molar-refractivity contribution in [3.05, 3.63) is 33.6 Å². The second-order valence-electron chi connectivity index (χ2n) is 2.99. The number of hydrogen-bond acceptors (Lipinski definition) is 4. The van der Waals surface area contributed by atoms with Gasteiger partial charge in [0, 0.05) is 10.9 Å². The average Bonchev–Trinajstić information content (AvgIpc) is 2.86. The molecule has 0 bridgehead atoms. The van der Waals surface area contributed by atoms with Crippen LogP contribution < -0.4 is 0 Å². The van der Waals surface area contributed by atoms with Gasteiger partial charge in [0.25, 0.3) is 0 Å². The number of thiophene rings is 2. The van der Waals surface area contributed by atoms with E-state index in [1.807, 2.05) is 22.9 Å². The number of nitrogens with zero attached hydrogens (tertiary/aromatic N) is 2. The predicted molar refractivity (Wildman–Crippen MR) is 65.7 cm³/mol. The molecule has 3 heterocycles. The molecule has 0 saturated heterocycles. The standard InChI is InChI=1S/C10H5ClN2S2/c11-10-12-7-2-4-15-9(7)8(13-10)6-1-3-14-5-6/h1-5H. The van der Waals surface area contributed by atoms with E-state index in [4.69, 9.17) is 11.6 Å². The van der Waals surface area contributed by atoms with Crippen molar-refractivity contribution in [3.8, 4) is 11.3 Å². The Morgan fingerprint density at radius 1 is 1.13 bits per heavy atom. The van der Waals surface area contributed by atoms with Crippen LogP contribution in [0.2, 0.25) is 5.28 Å². The Balaban J connectivity index is 2.38. The van der Waals surface area contributed by atoms with Crippen molar-refractivity contribution in [3.63, 3.8) is 0 Å². The monoisotopic (exact) mass is 252 g/mol. The highest BCUT2D eigenvalue weighted by molar-refractivity contribution is 7.17. The van der Waals surface area contributed by atoms with Crippen molar-refractivity contribution in [2.24, 2.45) is 0 Å². The highest BCUT2D eigenvalue weighted by atomic mass is 35.5. The van der Waals surface area contributed by atoms with E-state index >= 15 is 0 Å². The summed E-state index contributed by atoms with van der Waals surface area (Å²) in [6, 6.07) is 4.01. The molecule has 0 fully saturated rings. The Kier molecular flexibility index (Phi) is 2.20. The number of rotatable bonds is 1. The maximum Gasteiger partial charge on any atom is 0.223 e. The zero-order valence-electron chi connectivity index (χ0n) is 7.48. The molecule has 5 heteroatoms. The van der Waals surface area contributed by atoms with Crippen LogP contribution in [0.15, 0.2) is 28.3 Å². The van der Waals surface area contributed by atoms with Gasteiger partial charge in [0.2, 0.25) is 5.28 Å². The van der Waals surface area contributed by atoms with E-state index in [0.717, 1.165) is 21.5 Å². The Labute approximate surface area is 99.2 Å². The van der Waals surface area contributed by atoms with Crippen molar-refractivity contribution in [1.82, 2.24) is 9.97 Å². The molecule has 0 spiro atoms. The summed E-state index contributed by atoms with van der Waals surface area (Å²) in [6.45, 7) is 0. The second kappa shape index (κ2) is 3.56. The molecule has 74 valence electrons. The van der Waals surface area contributed by atoms with Crippen LogP contribution in [0.1, 0.15) is 0 Å². The van der Waals surface area contributed by atoms with Gasteiger partial charge in [-0.2, -0.15) is 11.3 Å². The maximum atomic E-state index is 5.88. The van der Waals surface area contributed by atoms with E-state index in [1.165, 1.54) is 0 Å². The smallest absolute Gasteiger partial charge is 0.217 e. The molecule has 3 rings (SSSR count). The van der Waals surface area contributed by atoms with Crippen molar-refractivity contribution >= 4 is 44.5 Å². The van der Waals surface area contributed by atoms with E-state index in [2.05, 4.69) is 15.3 Å². The summed E-state index contributed by atoms with van der Waals surface area (Å²) in [5.41, 5.74) is 2.96. The van der Waals surface area contributed by atoms with Gasteiger partial charge in [-0.15, -0.1) is 11.3 Å². The molecule has 0 aromatic carbocycles. The fraction of sp³-hybridized carbons (Fsp3) is 0. The van der Waals surface area contributed by atoms with E-state index in [1.54, 1.807) is 22.7 Å². The lowest BCUT2D eigenvalue weighted by Gasteiger charge is -1.99. The third-order valence-electron chi connectivity index (χ3n) is 2.07. The van der Waals surface area contributed by atoms with Crippen LogP contribution in [0.4, 0.5) is 0 Å². The first-order chi connectivity index (χ1) is 7.34. The van der Waals surface area contributed by atoms with Gasteiger partial charge in [-0.3, -0.25) is 0 Å². The largest absolute Gasteiger partial charge is 0.223 e. The molecule has 0 N–H and O–H groups in total. The Hall–Kier alpha value is -0.970. The summed E-state index contributed by atoms with van der Waals surface area (Å²) in [5, 5.41) is 6.41. The molecule has 0 radical (unpaired) electrons. The molecule has 0 amide bonds. The van der Waals surface area contributed by atoms with Gasteiger partial charge >= 0.3 is 0 Å². The normalized spacial score (nSPS) is 11.0. The van der Waals surface area contributed by atoms with Crippen molar-refractivity contribution in [2.45, 2.75) is 0 Å². The van der Waals surface area contributed by atoms with E-state index in [9.17, 15) is 0 Å². The minimum atomic E-state index is 0.308. The lowest BCUT2D eigenvalue weighted by Crippen LogP contribution is -1.86. The number of fused-ring (bicyclic) bond motifs is 1. The molecular weight excluding hydrogens is 248 g/mol. The lowest BCUT2D eigenvalue weighted by molar-refractivity contribution is 1.23. The first-order valence-electron chi connectivity index (χ1n) is 4.28. The van der Waals surface area contributed by atoms with Crippen molar-refractivity contribution in [1.29, 1.82) is 0 Å². The van der Waals surface area contributed by atoms with Crippen molar-refractivity contribution in [2.75, 3.05) is 0 Å². The van der Waals surface area contributed by atoms with E-state index < -0.39 is 0 Å². The summed E-state index contributed by atoms with van der Waals surface area (Å²) >= 11 is 9.18. The third-order valence-corrected chi connectivity index (χ3v) is 3.83. The van der Waals surface area contributed by atoms with Gasteiger partial charge in [-0.25, -0.2) is 9.97 Å². The van der Waals surface area contributed by atoms with Gasteiger partial charge in [0.1, 0.15) is 0 Å². The molecule has 0 aliphatic rings. The highest BCUT2D eigenvalue weighted by Gasteiger charge is 2.09. The minimum Gasteiger partial charge on any atom is -0.217 e. The first-order valence-corrected chi connectivity index (χ1v) is 6.48. The van der Waals surface area contributed by atoms with E-state index in [-0.39, 0.29) is 0 Å². The number of halogens is 1. The first kappa shape index (κ1) is 9.27. The van der Waals surface area contributed by atoms with Crippen LogP contribution in [-0.4, -0.2) is 9.97 Å². The zero-order chi connectivity index (χ0) is 10.3. The molecule has 15 heavy (non-hydrogen) atoms. The third kappa shape index (κ3) is 1.55. The molecular formula is C10H5ClN2S2. The van der Waals surface area contributed by atoms with Gasteiger partial charge in [0.15, 0.2) is 0 Å². The summed E-state index contributed by atoms with van der Waals surface area (Å²) in [6.07, 6.45) is 0. The summed E-state index contributed by atoms with van der Waals surface area (Å²) in [5.74, 6) is 0. The predicted octanol–water partition coefficient (Wildman–Crippen LogP) is 4.07. The molecule has 0 aliphatic carbocycles. The van der Waals surface area contributed by atoms with Crippen LogP contribution in [0.5, 0.6) is 0 Å². The number of hydrogen-bond donors (Lipinski definition) is 0. The summed E-state index contributed by atoms with van der Waals surface area (Å²) in [4.78, 5) is 8.46. The minimum absolute atomic E-state index is 0.308. The summed E-state index contributed by atoms with van der Waals surface area (Å²) in [7, 11) is 0. The van der Waals surface area contributed by atoms with Crippen LogP contribution in [0, 0.1) is 0 Å². The highest BCUT2D eigenvalue weighted by Crippen LogP contribution is 2.31. The fourth-order valence-electron chi connectivity index (χ4n) is 1.43. The van der Waals surface area contributed by atoms with Gasteiger partial charge in [0.05, 0.1) is 15.9 Å². The molecule has 3 aromatic rings. The lowest BCUT2D eigenvalue weighted by atomic mass is 10.2. The molecule has 0 saturated carbocycles. The van der Waals surface area contributed by atoms with Crippen LogP contribution in [-0.2, 0) is 0 Å². The fourth-order valence-corrected chi connectivity index (χ4v) is 3.09. The topological polar surface area (TPSA) is 25.8 Å². The Morgan fingerprint density at radius 2 is 2.07 bits per heavy atom. The number of aromatic nitrogens is 2. The van der Waals surface area contributed by atoms with Crippen LogP contribution >= 0.6 is 34.3 Å². The Bertz CT molecular complexity index is 601.